The second-order valence-corrected chi connectivity index (χ2v) is 6.92. The summed E-state index contributed by atoms with van der Waals surface area (Å²) in [5.41, 5.74) is 1.96. The molecule has 3 amide bonds. The van der Waals surface area contributed by atoms with Crippen LogP contribution in [0.2, 0.25) is 0 Å². The number of methoxy groups -OCH3 is 1. The molecule has 0 saturated heterocycles. The highest BCUT2D eigenvalue weighted by Gasteiger charge is 2.14. The predicted molar refractivity (Wildman–Crippen MR) is 98.7 cm³/mol. The summed E-state index contributed by atoms with van der Waals surface area (Å²) in [7, 11) is 1.55. The number of imidazole rings is 1. The number of rotatable bonds is 8. The smallest absolute Gasteiger partial charge is 0.321 e. The van der Waals surface area contributed by atoms with Gasteiger partial charge in [-0.2, -0.15) is 0 Å². The molecule has 0 aliphatic rings. The normalized spacial score (nSPS) is 11.0. The van der Waals surface area contributed by atoms with Gasteiger partial charge in [0.2, 0.25) is 5.91 Å². The van der Waals surface area contributed by atoms with Crippen LogP contribution in [0.4, 0.5) is 4.79 Å². The second-order valence-electron chi connectivity index (χ2n) is 5.97. The van der Waals surface area contributed by atoms with Crippen molar-refractivity contribution < 1.29 is 14.3 Å². The molecule has 0 aliphatic carbocycles. The number of imide groups is 1. The number of benzene rings is 1. The SMILES string of the molecule is COCCNC(=O)NC(=O)CSc1nc2ccccc2n1CC(C)C. The molecule has 0 radical (unpaired) electrons. The summed E-state index contributed by atoms with van der Waals surface area (Å²) in [6.45, 7) is 5.85. The minimum atomic E-state index is -0.515. The van der Waals surface area contributed by atoms with Gasteiger partial charge in [0.15, 0.2) is 5.16 Å². The van der Waals surface area contributed by atoms with Gasteiger partial charge >= 0.3 is 6.03 Å². The Morgan fingerprint density at radius 2 is 2.08 bits per heavy atom. The van der Waals surface area contributed by atoms with Gasteiger partial charge in [-0.15, -0.1) is 0 Å². The molecule has 0 bridgehead atoms. The Kier molecular flexibility index (Phi) is 7.27. The molecule has 1 aromatic carbocycles. The Balaban J connectivity index is 1.98. The molecule has 0 fully saturated rings. The lowest BCUT2D eigenvalue weighted by Gasteiger charge is -2.11. The number of hydrogen-bond acceptors (Lipinski definition) is 5. The van der Waals surface area contributed by atoms with Crippen LogP contribution in [0.3, 0.4) is 0 Å². The van der Waals surface area contributed by atoms with Crippen LogP contribution in [0.15, 0.2) is 29.4 Å². The van der Waals surface area contributed by atoms with E-state index in [1.807, 2.05) is 24.3 Å². The molecule has 0 unspecified atom stereocenters. The van der Waals surface area contributed by atoms with Gasteiger partial charge < -0.3 is 14.6 Å². The summed E-state index contributed by atoms with van der Waals surface area (Å²) in [6.07, 6.45) is 0. The quantitative estimate of drug-likeness (QED) is 0.554. The van der Waals surface area contributed by atoms with Gasteiger partial charge in [0.1, 0.15) is 0 Å². The van der Waals surface area contributed by atoms with Gasteiger partial charge in [-0.05, 0) is 18.1 Å². The molecule has 2 N–H and O–H groups in total. The Morgan fingerprint density at radius 3 is 2.80 bits per heavy atom. The van der Waals surface area contributed by atoms with E-state index in [1.165, 1.54) is 11.8 Å². The van der Waals surface area contributed by atoms with Crippen molar-refractivity contribution in [2.75, 3.05) is 26.0 Å². The number of carbonyl (C=O) groups excluding carboxylic acids is 2. The van der Waals surface area contributed by atoms with E-state index < -0.39 is 6.03 Å². The Bertz CT molecular complexity index is 730. The van der Waals surface area contributed by atoms with E-state index in [0.29, 0.717) is 19.1 Å². The van der Waals surface area contributed by atoms with E-state index in [-0.39, 0.29) is 11.7 Å². The van der Waals surface area contributed by atoms with Crippen molar-refractivity contribution in [3.63, 3.8) is 0 Å². The molecule has 0 aliphatic heterocycles. The van der Waals surface area contributed by atoms with Gasteiger partial charge in [-0.1, -0.05) is 37.7 Å². The highest BCUT2D eigenvalue weighted by molar-refractivity contribution is 7.99. The fraction of sp³-hybridized carbons (Fsp3) is 0.471. The predicted octanol–water partition coefficient (Wildman–Crippen LogP) is 2.26. The summed E-state index contributed by atoms with van der Waals surface area (Å²) in [4.78, 5) is 28.1. The van der Waals surface area contributed by atoms with Crippen LogP contribution in [-0.4, -0.2) is 47.5 Å². The van der Waals surface area contributed by atoms with Crippen molar-refractivity contribution in [1.82, 2.24) is 20.2 Å². The fourth-order valence-electron chi connectivity index (χ4n) is 2.31. The third kappa shape index (κ3) is 5.75. The first kappa shape index (κ1) is 19.3. The van der Waals surface area contributed by atoms with Crippen LogP contribution in [0.5, 0.6) is 0 Å². The van der Waals surface area contributed by atoms with E-state index in [4.69, 9.17) is 4.74 Å². The summed E-state index contributed by atoms with van der Waals surface area (Å²) in [5, 5.41) is 5.63. The van der Waals surface area contributed by atoms with Crippen LogP contribution >= 0.6 is 11.8 Å². The number of thioether (sulfide) groups is 1. The molecular formula is C17H24N4O3S. The van der Waals surface area contributed by atoms with Crippen molar-refractivity contribution in [3.8, 4) is 0 Å². The fourth-order valence-corrected chi connectivity index (χ4v) is 3.13. The maximum atomic E-state index is 11.9. The molecule has 0 atom stereocenters. The molecule has 2 rings (SSSR count). The monoisotopic (exact) mass is 364 g/mol. The van der Waals surface area contributed by atoms with Crippen molar-refractivity contribution in [3.05, 3.63) is 24.3 Å². The zero-order chi connectivity index (χ0) is 18.2. The summed E-state index contributed by atoms with van der Waals surface area (Å²) < 4.78 is 6.96. The van der Waals surface area contributed by atoms with Crippen LogP contribution in [0.25, 0.3) is 11.0 Å². The number of nitrogens with zero attached hydrogens (tertiary/aromatic N) is 2. The van der Waals surface area contributed by atoms with E-state index >= 15 is 0 Å². The molecule has 0 saturated carbocycles. The third-order valence-electron chi connectivity index (χ3n) is 3.34. The standard InChI is InChI=1S/C17H24N4O3S/c1-12(2)10-21-14-7-5-4-6-13(14)19-17(21)25-11-15(22)20-16(23)18-8-9-24-3/h4-7,12H,8-11H2,1-3H3,(H2,18,20,22,23). The van der Waals surface area contributed by atoms with E-state index in [9.17, 15) is 9.59 Å². The minimum absolute atomic E-state index is 0.124. The average Bonchev–Trinajstić information content (AvgIpc) is 2.90. The van der Waals surface area contributed by atoms with Gasteiger partial charge in [-0.3, -0.25) is 10.1 Å². The van der Waals surface area contributed by atoms with E-state index in [0.717, 1.165) is 22.7 Å². The first-order valence-electron chi connectivity index (χ1n) is 8.16. The van der Waals surface area contributed by atoms with Crippen molar-refractivity contribution in [2.45, 2.75) is 25.5 Å². The zero-order valence-electron chi connectivity index (χ0n) is 14.7. The Labute approximate surface area is 151 Å². The minimum Gasteiger partial charge on any atom is -0.383 e. The number of fused-ring (bicyclic) bond motifs is 1. The highest BCUT2D eigenvalue weighted by atomic mass is 32.2. The molecule has 1 heterocycles. The maximum Gasteiger partial charge on any atom is 0.321 e. The zero-order valence-corrected chi connectivity index (χ0v) is 15.6. The average molecular weight is 364 g/mol. The number of urea groups is 1. The summed E-state index contributed by atoms with van der Waals surface area (Å²) >= 11 is 1.33. The van der Waals surface area contributed by atoms with Crippen molar-refractivity contribution in [2.24, 2.45) is 5.92 Å². The highest BCUT2D eigenvalue weighted by Crippen LogP contribution is 2.25. The summed E-state index contributed by atoms with van der Waals surface area (Å²) in [5.74, 6) is 0.222. The number of para-hydroxylation sites is 2. The third-order valence-corrected chi connectivity index (χ3v) is 4.32. The van der Waals surface area contributed by atoms with Crippen molar-refractivity contribution >= 4 is 34.7 Å². The van der Waals surface area contributed by atoms with Gasteiger partial charge in [-0.25, -0.2) is 9.78 Å². The maximum absolute atomic E-state index is 11.9. The largest absolute Gasteiger partial charge is 0.383 e. The number of ether oxygens (including phenoxy) is 1. The van der Waals surface area contributed by atoms with Crippen LogP contribution < -0.4 is 10.6 Å². The number of hydrogen-bond donors (Lipinski definition) is 2. The molecule has 136 valence electrons. The van der Waals surface area contributed by atoms with Gasteiger partial charge in [0, 0.05) is 20.2 Å². The van der Waals surface area contributed by atoms with Crippen LogP contribution in [0.1, 0.15) is 13.8 Å². The first-order chi connectivity index (χ1) is 12.0. The molecular weight excluding hydrogens is 340 g/mol. The molecule has 7 nitrogen and oxygen atoms in total. The summed E-state index contributed by atoms with van der Waals surface area (Å²) in [6, 6.07) is 7.39. The van der Waals surface area contributed by atoms with Crippen LogP contribution in [-0.2, 0) is 16.1 Å². The lowest BCUT2D eigenvalue weighted by Crippen LogP contribution is -2.41. The van der Waals surface area contributed by atoms with Gasteiger partial charge in [0.25, 0.3) is 0 Å². The first-order valence-corrected chi connectivity index (χ1v) is 9.14. The number of amides is 3. The number of carbonyl (C=O) groups is 2. The van der Waals surface area contributed by atoms with E-state index in [2.05, 4.69) is 34.0 Å². The van der Waals surface area contributed by atoms with E-state index in [1.54, 1.807) is 7.11 Å². The van der Waals surface area contributed by atoms with Crippen LogP contribution in [0, 0.1) is 5.92 Å². The topological polar surface area (TPSA) is 85.2 Å². The van der Waals surface area contributed by atoms with Gasteiger partial charge in [0.05, 0.1) is 23.4 Å². The lowest BCUT2D eigenvalue weighted by atomic mass is 10.2. The van der Waals surface area contributed by atoms with Crippen molar-refractivity contribution in [1.29, 1.82) is 0 Å². The number of nitrogens with one attached hydrogen (secondary N) is 2. The number of aromatic nitrogens is 2. The Morgan fingerprint density at radius 1 is 1.32 bits per heavy atom. The molecule has 25 heavy (non-hydrogen) atoms. The molecule has 2 aromatic rings. The molecule has 8 heteroatoms. The molecule has 1 aromatic heterocycles. The lowest BCUT2D eigenvalue weighted by molar-refractivity contribution is -0.117. The Hall–Kier alpha value is -2.06. The molecule has 0 spiro atoms. The second kappa shape index (κ2) is 9.43.